The number of fused-ring (bicyclic) bond motifs is 2. The lowest BCUT2D eigenvalue weighted by Crippen LogP contribution is -2.58. The van der Waals surface area contributed by atoms with E-state index in [9.17, 15) is 29.4 Å². The van der Waals surface area contributed by atoms with Crippen molar-refractivity contribution >= 4 is 57.3 Å². The number of aliphatic carboxylic acids is 1. The van der Waals surface area contributed by atoms with Crippen LogP contribution in [0.15, 0.2) is 60.9 Å². The van der Waals surface area contributed by atoms with Crippen LogP contribution in [0.5, 0.6) is 0 Å². The molecule has 44 heavy (non-hydrogen) atoms. The Balaban J connectivity index is 1.55. The Hall–Kier alpha value is -4.33. The van der Waals surface area contributed by atoms with Crippen LogP contribution < -0.4 is 21.7 Å². The predicted octanol–water partition coefficient (Wildman–Crippen LogP) is 1.43. The summed E-state index contributed by atoms with van der Waals surface area (Å²) in [5.74, 6) is -2.85. The first-order chi connectivity index (χ1) is 21.1. The van der Waals surface area contributed by atoms with Gasteiger partial charge in [-0.1, -0.05) is 36.4 Å². The zero-order valence-electron chi connectivity index (χ0n) is 24.5. The summed E-state index contributed by atoms with van der Waals surface area (Å²) < 4.78 is 0. The molecule has 0 aliphatic heterocycles. The second-order valence-electron chi connectivity index (χ2n) is 10.7. The van der Waals surface area contributed by atoms with Gasteiger partial charge in [-0.2, -0.15) is 11.8 Å². The molecule has 5 atom stereocenters. The maximum Gasteiger partial charge on any atom is 0.328 e. The van der Waals surface area contributed by atoms with Gasteiger partial charge in [-0.15, -0.1) is 0 Å². The number of hydrogen-bond acceptors (Lipinski definition) is 7. The number of carbonyl (C=O) groups is 4. The molecular weight excluding hydrogens is 584 g/mol. The number of amides is 3. The molecule has 0 aliphatic carbocycles. The number of carboxylic acid groups (broad SMARTS) is 1. The monoisotopic (exact) mass is 622 g/mol. The third kappa shape index (κ3) is 7.98. The molecule has 3 amide bonds. The van der Waals surface area contributed by atoms with E-state index in [0.717, 1.165) is 32.9 Å². The number of aliphatic hydroxyl groups excluding tert-OH is 1. The third-order valence-electron chi connectivity index (χ3n) is 7.47. The molecule has 0 spiro atoms. The van der Waals surface area contributed by atoms with Crippen LogP contribution in [0.2, 0.25) is 0 Å². The van der Waals surface area contributed by atoms with Gasteiger partial charge in [-0.3, -0.25) is 14.4 Å². The standard InChI is InChI=1S/C31H38N6O6S/c1-17(38)27(31(42)43)37-29(40)25(11-12-44-2)35-30(41)26(14-19-16-34-24-10-6-4-8-21(19)24)36-28(39)22(32)13-18-15-33-23-9-5-3-7-20(18)23/h3-10,15-17,22,25-27,33-34,38H,11-14,32H2,1-2H3,(H,35,41)(H,36,39)(H,37,40)(H,42,43). The Bertz CT molecular complexity index is 1620. The summed E-state index contributed by atoms with van der Waals surface area (Å²) in [4.78, 5) is 58.2. The van der Waals surface area contributed by atoms with Crippen molar-refractivity contribution in [3.05, 3.63) is 72.1 Å². The van der Waals surface area contributed by atoms with E-state index in [-0.39, 0.29) is 19.3 Å². The minimum Gasteiger partial charge on any atom is -0.480 e. The molecule has 9 N–H and O–H groups in total. The van der Waals surface area contributed by atoms with Crippen LogP contribution in [0, 0.1) is 0 Å². The quantitative estimate of drug-likeness (QED) is 0.0972. The number of aliphatic hydroxyl groups is 1. The molecule has 0 bridgehead atoms. The number of carbonyl (C=O) groups excluding carboxylic acids is 3. The molecule has 4 rings (SSSR count). The van der Waals surface area contributed by atoms with Gasteiger partial charge >= 0.3 is 5.97 Å². The summed E-state index contributed by atoms with van der Waals surface area (Å²) >= 11 is 1.45. The molecule has 2 aromatic carbocycles. The molecule has 0 fully saturated rings. The molecule has 12 nitrogen and oxygen atoms in total. The summed E-state index contributed by atoms with van der Waals surface area (Å²) in [6.45, 7) is 1.25. The fourth-order valence-corrected chi connectivity index (χ4v) is 5.53. The highest BCUT2D eigenvalue weighted by Crippen LogP contribution is 2.21. The second-order valence-corrected chi connectivity index (χ2v) is 11.7. The lowest BCUT2D eigenvalue weighted by atomic mass is 10.0. The van der Waals surface area contributed by atoms with Crippen molar-refractivity contribution in [3.8, 4) is 0 Å². The number of carboxylic acids is 1. The van der Waals surface area contributed by atoms with Crippen molar-refractivity contribution in [3.63, 3.8) is 0 Å². The SMILES string of the molecule is CSCCC(NC(=O)C(Cc1c[nH]c2ccccc12)NC(=O)C(N)Cc1c[nH]c2ccccc12)C(=O)NC(C(=O)O)C(C)O. The molecule has 0 saturated carbocycles. The van der Waals surface area contributed by atoms with Crippen molar-refractivity contribution in [2.75, 3.05) is 12.0 Å². The number of para-hydroxylation sites is 2. The maximum absolute atomic E-state index is 13.8. The molecular formula is C31H38N6O6S. The van der Waals surface area contributed by atoms with Gasteiger partial charge in [0.2, 0.25) is 17.7 Å². The summed E-state index contributed by atoms with van der Waals surface area (Å²) in [5, 5.41) is 28.9. The molecule has 0 aliphatic rings. The van der Waals surface area contributed by atoms with E-state index < -0.39 is 54.0 Å². The number of H-pyrrole nitrogens is 2. The number of aromatic amines is 2. The average molecular weight is 623 g/mol. The van der Waals surface area contributed by atoms with Gasteiger partial charge in [0.15, 0.2) is 6.04 Å². The number of rotatable bonds is 15. The van der Waals surface area contributed by atoms with E-state index in [1.54, 1.807) is 12.4 Å². The number of benzene rings is 2. The number of nitrogens with two attached hydrogens (primary N) is 1. The van der Waals surface area contributed by atoms with E-state index in [4.69, 9.17) is 5.73 Å². The molecule has 2 aromatic heterocycles. The number of hydrogen-bond donors (Lipinski definition) is 8. The maximum atomic E-state index is 13.8. The first-order valence-corrected chi connectivity index (χ1v) is 15.6. The van der Waals surface area contributed by atoms with Crippen LogP contribution in [0.3, 0.4) is 0 Å². The zero-order valence-corrected chi connectivity index (χ0v) is 25.3. The van der Waals surface area contributed by atoms with Crippen molar-refractivity contribution in [1.82, 2.24) is 25.9 Å². The van der Waals surface area contributed by atoms with Crippen LogP contribution >= 0.6 is 11.8 Å². The Labute approximate surface area is 258 Å². The molecule has 13 heteroatoms. The normalized spacial score (nSPS) is 14.8. The minimum absolute atomic E-state index is 0.101. The average Bonchev–Trinajstić information content (AvgIpc) is 3.61. The molecule has 0 saturated heterocycles. The summed E-state index contributed by atoms with van der Waals surface area (Å²) in [6, 6.07) is 10.5. The van der Waals surface area contributed by atoms with Gasteiger partial charge < -0.3 is 41.9 Å². The Morgan fingerprint density at radius 3 is 1.89 bits per heavy atom. The third-order valence-corrected chi connectivity index (χ3v) is 8.12. The molecule has 2 heterocycles. The lowest BCUT2D eigenvalue weighted by molar-refractivity contribution is -0.145. The fourth-order valence-electron chi connectivity index (χ4n) is 5.06. The Morgan fingerprint density at radius 1 is 0.818 bits per heavy atom. The summed E-state index contributed by atoms with van der Waals surface area (Å²) in [6.07, 6.45) is 4.57. The number of nitrogens with one attached hydrogen (secondary N) is 5. The lowest BCUT2D eigenvalue weighted by Gasteiger charge is -2.26. The highest BCUT2D eigenvalue weighted by molar-refractivity contribution is 7.98. The van der Waals surface area contributed by atoms with E-state index in [2.05, 4.69) is 25.9 Å². The highest BCUT2D eigenvalue weighted by atomic mass is 32.2. The Morgan fingerprint density at radius 2 is 1.34 bits per heavy atom. The van der Waals surface area contributed by atoms with Crippen LogP contribution in [0.1, 0.15) is 24.5 Å². The largest absolute Gasteiger partial charge is 0.480 e. The van der Waals surface area contributed by atoms with E-state index in [1.165, 1.54) is 18.7 Å². The van der Waals surface area contributed by atoms with E-state index >= 15 is 0 Å². The fraction of sp³-hybridized carbons (Fsp3) is 0.355. The summed E-state index contributed by atoms with van der Waals surface area (Å²) in [7, 11) is 0. The Kier molecular flexibility index (Phi) is 11.0. The number of thioether (sulfide) groups is 1. The topological polar surface area (TPSA) is 202 Å². The second kappa shape index (κ2) is 14.9. The van der Waals surface area contributed by atoms with Gasteiger partial charge in [-0.25, -0.2) is 4.79 Å². The predicted molar refractivity (Wildman–Crippen MR) is 170 cm³/mol. The van der Waals surface area contributed by atoms with Crippen LogP contribution in [0.25, 0.3) is 21.8 Å². The van der Waals surface area contributed by atoms with Crippen LogP contribution in [-0.2, 0) is 32.0 Å². The van der Waals surface area contributed by atoms with Crippen molar-refractivity contribution < 1.29 is 29.4 Å². The van der Waals surface area contributed by atoms with E-state index in [1.807, 2.05) is 54.8 Å². The van der Waals surface area contributed by atoms with Gasteiger partial charge in [-0.05, 0) is 55.0 Å². The van der Waals surface area contributed by atoms with Crippen LogP contribution in [-0.4, -0.2) is 86.2 Å². The number of aromatic nitrogens is 2. The zero-order chi connectivity index (χ0) is 31.8. The van der Waals surface area contributed by atoms with Crippen LogP contribution in [0.4, 0.5) is 0 Å². The highest BCUT2D eigenvalue weighted by Gasteiger charge is 2.32. The smallest absolute Gasteiger partial charge is 0.328 e. The van der Waals surface area contributed by atoms with Gasteiger partial charge in [0.05, 0.1) is 12.1 Å². The van der Waals surface area contributed by atoms with Crippen molar-refractivity contribution in [1.29, 1.82) is 0 Å². The van der Waals surface area contributed by atoms with E-state index in [0.29, 0.717) is 5.75 Å². The molecule has 234 valence electrons. The van der Waals surface area contributed by atoms with Gasteiger partial charge in [0, 0.05) is 40.6 Å². The van der Waals surface area contributed by atoms with Crippen molar-refractivity contribution in [2.45, 2.75) is 56.5 Å². The molecule has 5 unspecified atom stereocenters. The van der Waals surface area contributed by atoms with Gasteiger partial charge in [0.25, 0.3) is 0 Å². The minimum atomic E-state index is -1.56. The van der Waals surface area contributed by atoms with Crippen molar-refractivity contribution in [2.24, 2.45) is 5.73 Å². The first kappa shape index (κ1) is 32.6. The first-order valence-electron chi connectivity index (χ1n) is 14.3. The molecule has 0 radical (unpaired) electrons. The van der Waals surface area contributed by atoms with Gasteiger partial charge in [0.1, 0.15) is 12.1 Å². The molecule has 4 aromatic rings. The summed E-state index contributed by atoms with van der Waals surface area (Å²) in [5.41, 5.74) is 9.74.